The minimum Gasteiger partial charge on any atom is -0.492 e. The van der Waals surface area contributed by atoms with Gasteiger partial charge in [0.05, 0.1) is 17.6 Å². The van der Waals surface area contributed by atoms with E-state index in [4.69, 9.17) is 10.1 Å². The summed E-state index contributed by atoms with van der Waals surface area (Å²) in [5, 5.41) is 8.38. The summed E-state index contributed by atoms with van der Waals surface area (Å²) in [7, 11) is 0. The minimum atomic E-state index is 0.470. The van der Waals surface area contributed by atoms with Gasteiger partial charge in [0.25, 0.3) is 0 Å². The van der Waals surface area contributed by atoms with Gasteiger partial charge in [0.2, 0.25) is 5.62 Å². The van der Waals surface area contributed by atoms with Crippen LogP contribution in [0.25, 0.3) is 11.0 Å². The molecule has 0 radical (unpaired) electrons. The highest BCUT2D eigenvalue weighted by Gasteiger charge is 2.09. The molecule has 1 heterocycles. The molecule has 0 aliphatic rings. The number of ether oxygens (including phenoxy) is 1. The van der Waals surface area contributed by atoms with Crippen molar-refractivity contribution in [3.05, 3.63) is 72.9 Å². The normalized spacial score (nSPS) is 10.7. The maximum atomic E-state index is 8.38. The number of benzene rings is 2. The Morgan fingerprint density at radius 1 is 0.955 bits per heavy atom. The third kappa shape index (κ3) is 2.68. The average molecular weight is 293 g/mol. The van der Waals surface area contributed by atoms with Crippen molar-refractivity contribution < 1.29 is 4.74 Å². The number of hydrogen-bond acceptors (Lipinski definition) is 2. The van der Waals surface area contributed by atoms with E-state index in [1.54, 1.807) is 0 Å². The molecule has 0 saturated heterocycles. The number of para-hydroxylation sites is 3. The molecule has 0 bridgehead atoms. The third-order valence-corrected chi connectivity index (χ3v) is 3.61. The highest BCUT2D eigenvalue weighted by molar-refractivity contribution is 5.75. The molecule has 0 saturated carbocycles. The first-order chi connectivity index (χ1) is 10.8. The molecular formula is C18H19N3O. The Labute approximate surface area is 129 Å². The Kier molecular flexibility index (Phi) is 4.10. The predicted octanol–water partition coefficient (Wildman–Crippen LogP) is 3.19. The molecule has 22 heavy (non-hydrogen) atoms. The molecule has 0 atom stereocenters. The second-order valence-electron chi connectivity index (χ2n) is 5.02. The monoisotopic (exact) mass is 293 g/mol. The fourth-order valence-electron chi connectivity index (χ4n) is 2.61. The SMILES string of the molecule is C=CCn1c(=N)n(CCOc2ccccc2)c2ccccc21. The highest BCUT2D eigenvalue weighted by Crippen LogP contribution is 2.13. The summed E-state index contributed by atoms with van der Waals surface area (Å²) in [6, 6.07) is 17.8. The van der Waals surface area contributed by atoms with Crippen molar-refractivity contribution in [2.24, 2.45) is 0 Å². The lowest BCUT2D eigenvalue weighted by atomic mass is 10.3. The van der Waals surface area contributed by atoms with Crippen LogP contribution in [-0.2, 0) is 13.1 Å². The van der Waals surface area contributed by atoms with Gasteiger partial charge in [-0.05, 0) is 24.3 Å². The zero-order valence-electron chi connectivity index (χ0n) is 12.4. The molecular weight excluding hydrogens is 274 g/mol. The average Bonchev–Trinajstić information content (AvgIpc) is 2.82. The molecule has 1 aromatic heterocycles. The van der Waals surface area contributed by atoms with E-state index in [9.17, 15) is 0 Å². The summed E-state index contributed by atoms with van der Waals surface area (Å²) in [6.45, 7) is 5.58. The highest BCUT2D eigenvalue weighted by atomic mass is 16.5. The maximum Gasteiger partial charge on any atom is 0.203 e. The number of hydrogen-bond donors (Lipinski definition) is 1. The van der Waals surface area contributed by atoms with E-state index in [1.165, 1.54) is 0 Å². The number of imidazole rings is 1. The van der Waals surface area contributed by atoms with Gasteiger partial charge in [-0.15, -0.1) is 6.58 Å². The van der Waals surface area contributed by atoms with Crippen molar-refractivity contribution in [2.75, 3.05) is 6.61 Å². The van der Waals surface area contributed by atoms with Gasteiger partial charge in [-0.3, -0.25) is 5.41 Å². The molecule has 0 aliphatic carbocycles. The van der Waals surface area contributed by atoms with Gasteiger partial charge in [-0.1, -0.05) is 36.4 Å². The number of nitrogens with one attached hydrogen (secondary N) is 1. The van der Waals surface area contributed by atoms with Crippen LogP contribution in [0.15, 0.2) is 67.3 Å². The van der Waals surface area contributed by atoms with Gasteiger partial charge in [-0.2, -0.15) is 0 Å². The van der Waals surface area contributed by atoms with Crippen LogP contribution in [0, 0.1) is 5.41 Å². The largest absolute Gasteiger partial charge is 0.492 e. The zero-order valence-corrected chi connectivity index (χ0v) is 12.4. The second kappa shape index (κ2) is 6.35. The molecule has 1 N–H and O–H groups in total. The number of fused-ring (bicyclic) bond motifs is 1. The molecule has 0 amide bonds. The number of allylic oxidation sites excluding steroid dienone is 1. The van der Waals surface area contributed by atoms with E-state index < -0.39 is 0 Å². The lowest BCUT2D eigenvalue weighted by Crippen LogP contribution is -2.26. The van der Waals surface area contributed by atoms with Crippen LogP contribution in [0.1, 0.15) is 0 Å². The van der Waals surface area contributed by atoms with Gasteiger partial charge >= 0.3 is 0 Å². The molecule has 4 heteroatoms. The molecule has 2 aromatic carbocycles. The van der Waals surface area contributed by atoms with E-state index in [0.717, 1.165) is 16.8 Å². The van der Waals surface area contributed by atoms with Crippen molar-refractivity contribution in [2.45, 2.75) is 13.1 Å². The van der Waals surface area contributed by atoms with Crippen molar-refractivity contribution in [3.63, 3.8) is 0 Å². The summed E-state index contributed by atoms with van der Waals surface area (Å²) >= 11 is 0. The first-order valence-electron chi connectivity index (χ1n) is 7.32. The smallest absolute Gasteiger partial charge is 0.203 e. The molecule has 3 aromatic rings. The van der Waals surface area contributed by atoms with Crippen molar-refractivity contribution in [1.82, 2.24) is 9.13 Å². The Morgan fingerprint density at radius 3 is 2.27 bits per heavy atom. The third-order valence-electron chi connectivity index (χ3n) is 3.61. The van der Waals surface area contributed by atoms with Crippen LogP contribution >= 0.6 is 0 Å². The van der Waals surface area contributed by atoms with Crippen LogP contribution in [0.5, 0.6) is 5.75 Å². The van der Waals surface area contributed by atoms with E-state index in [1.807, 2.05) is 69.8 Å². The molecule has 4 nitrogen and oxygen atoms in total. The topological polar surface area (TPSA) is 42.9 Å². The molecule has 0 fully saturated rings. The number of rotatable bonds is 6. The van der Waals surface area contributed by atoms with Gasteiger partial charge in [0.15, 0.2) is 0 Å². The van der Waals surface area contributed by atoms with Crippen LogP contribution in [-0.4, -0.2) is 15.7 Å². The molecule has 0 aliphatic heterocycles. The van der Waals surface area contributed by atoms with E-state index in [0.29, 0.717) is 25.3 Å². The zero-order chi connectivity index (χ0) is 15.4. The second-order valence-corrected chi connectivity index (χ2v) is 5.02. The van der Waals surface area contributed by atoms with Crippen LogP contribution < -0.4 is 10.4 Å². The molecule has 3 rings (SSSR count). The number of aromatic nitrogens is 2. The Hall–Kier alpha value is -2.75. The van der Waals surface area contributed by atoms with E-state index >= 15 is 0 Å². The first-order valence-corrected chi connectivity index (χ1v) is 7.32. The van der Waals surface area contributed by atoms with Gasteiger partial charge in [0, 0.05) is 6.54 Å². The van der Waals surface area contributed by atoms with Gasteiger partial charge in [0.1, 0.15) is 12.4 Å². The molecule has 0 spiro atoms. The lowest BCUT2D eigenvalue weighted by Gasteiger charge is -2.07. The fraction of sp³-hybridized carbons (Fsp3) is 0.167. The van der Waals surface area contributed by atoms with Gasteiger partial charge in [-0.25, -0.2) is 0 Å². The van der Waals surface area contributed by atoms with Crippen molar-refractivity contribution >= 4 is 11.0 Å². The predicted molar refractivity (Wildman–Crippen MR) is 87.9 cm³/mol. The fourth-order valence-corrected chi connectivity index (χ4v) is 2.61. The van der Waals surface area contributed by atoms with Gasteiger partial charge < -0.3 is 13.9 Å². The summed E-state index contributed by atoms with van der Waals surface area (Å²) in [5.41, 5.74) is 2.57. The Bertz CT molecular complexity index is 830. The van der Waals surface area contributed by atoms with Crippen LogP contribution in [0.3, 0.4) is 0 Å². The molecule has 0 unspecified atom stereocenters. The quantitative estimate of drug-likeness (QED) is 0.697. The Morgan fingerprint density at radius 2 is 1.59 bits per heavy atom. The minimum absolute atomic E-state index is 0.470. The van der Waals surface area contributed by atoms with E-state index in [2.05, 4.69) is 6.58 Å². The summed E-state index contributed by atoms with van der Waals surface area (Å²) in [5.74, 6) is 0.851. The lowest BCUT2D eigenvalue weighted by molar-refractivity contribution is 0.296. The summed E-state index contributed by atoms with van der Waals surface area (Å²) in [4.78, 5) is 0. The summed E-state index contributed by atoms with van der Waals surface area (Å²) < 4.78 is 9.67. The molecule has 112 valence electrons. The van der Waals surface area contributed by atoms with E-state index in [-0.39, 0.29) is 0 Å². The first kappa shape index (κ1) is 14.2. The number of nitrogens with zero attached hydrogens (tertiary/aromatic N) is 2. The summed E-state index contributed by atoms with van der Waals surface area (Å²) in [6.07, 6.45) is 1.81. The maximum absolute atomic E-state index is 8.38. The van der Waals surface area contributed by atoms with Crippen LogP contribution in [0.4, 0.5) is 0 Å². The standard InChI is InChI=1S/C18H19N3O/c1-2-12-20-16-10-6-7-11-17(16)21(18(20)19)13-14-22-15-8-4-3-5-9-15/h2-11,19H,1,12-14H2. The Balaban J connectivity index is 1.86. The van der Waals surface area contributed by atoms with Crippen LogP contribution in [0.2, 0.25) is 0 Å². The van der Waals surface area contributed by atoms with Crippen molar-refractivity contribution in [1.29, 1.82) is 5.41 Å². The van der Waals surface area contributed by atoms with Crippen molar-refractivity contribution in [3.8, 4) is 5.75 Å².